The number of unbranched alkanes of at least 4 members (excludes halogenated alkanes) is 1. The van der Waals surface area contributed by atoms with Gasteiger partial charge in [-0.05, 0) is 18.6 Å². The van der Waals surface area contributed by atoms with Crippen LogP contribution in [0.15, 0.2) is 0 Å². The van der Waals surface area contributed by atoms with Crippen LogP contribution >= 0.6 is 12.2 Å². The van der Waals surface area contributed by atoms with Crippen LogP contribution in [0.5, 0.6) is 0 Å². The van der Waals surface area contributed by atoms with Crippen LogP contribution in [-0.4, -0.2) is 16.2 Å². The number of nitrogens with two attached hydrogens (primary N) is 1. The van der Waals surface area contributed by atoms with Crippen molar-refractivity contribution in [1.29, 1.82) is 0 Å². The predicted molar refractivity (Wildman–Crippen MR) is 47.3 cm³/mol. The molecule has 0 amide bonds. The first-order chi connectivity index (χ1) is 4.66. The van der Waals surface area contributed by atoms with Gasteiger partial charge in [-0.25, -0.2) is 0 Å². The van der Waals surface area contributed by atoms with E-state index in [0.717, 1.165) is 19.3 Å². The van der Waals surface area contributed by atoms with Crippen molar-refractivity contribution in [3.8, 4) is 0 Å². The summed E-state index contributed by atoms with van der Waals surface area (Å²) >= 11 is 4.50. The Morgan fingerprint density at radius 2 is 2.30 bits per heavy atom. The van der Waals surface area contributed by atoms with Crippen LogP contribution in [0, 0.1) is 0 Å². The van der Waals surface area contributed by atoms with Crippen LogP contribution < -0.4 is 5.73 Å². The van der Waals surface area contributed by atoms with Crippen LogP contribution in [-0.2, 0) is 0 Å². The summed E-state index contributed by atoms with van der Waals surface area (Å²) in [5.74, 6) is 0. The van der Waals surface area contributed by atoms with Crippen LogP contribution in [0.4, 0.5) is 0 Å². The molecule has 0 saturated carbocycles. The van der Waals surface area contributed by atoms with Crippen LogP contribution in [0.25, 0.3) is 0 Å². The number of hydrogen-bond donors (Lipinski definition) is 2. The van der Waals surface area contributed by atoms with Gasteiger partial charge in [-0.15, -0.1) is 0 Å². The van der Waals surface area contributed by atoms with Gasteiger partial charge in [0, 0.05) is 12.5 Å². The summed E-state index contributed by atoms with van der Waals surface area (Å²) in [6.45, 7) is 2.12. The Kier molecular flexibility index (Phi) is 5.54. The Bertz CT molecular complexity index is 106. The van der Waals surface area contributed by atoms with Crippen molar-refractivity contribution in [2.75, 3.05) is 0 Å². The van der Waals surface area contributed by atoms with Crippen molar-refractivity contribution in [1.82, 2.24) is 0 Å². The maximum Gasteiger partial charge on any atom is 0.158 e. The third-order valence-electron chi connectivity index (χ3n) is 1.37. The minimum Gasteiger partial charge on any atom is -0.502 e. The highest BCUT2D eigenvalue weighted by Gasteiger charge is 2.03. The van der Waals surface area contributed by atoms with Gasteiger partial charge in [0.2, 0.25) is 0 Å². The monoisotopic (exact) mass is 161 g/mol. The summed E-state index contributed by atoms with van der Waals surface area (Å²) < 4.78 is 0. The van der Waals surface area contributed by atoms with Gasteiger partial charge in [-0.2, -0.15) is 0 Å². The highest BCUT2D eigenvalue weighted by molar-refractivity contribution is 7.80. The lowest BCUT2D eigenvalue weighted by molar-refractivity contribution is 0.511. The molecule has 0 aromatic heterocycles. The molecule has 0 aromatic rings. The van der Waals surface area contributed by atoms with E-state index in [1.54, 1.807) is 0 Å². The third-order valence-corrected chi connectivity index (χ3v) is 1.53. The number of hydrogen-bond acceptors (Lipinski definition) is 2. The summed E-state index contributed by atoms with van der Waals surface area (Å²) in [7, 11) is 0. The molecular formula is C7H15NOS. The molecule has 0 aliphatic heterocycles. The fourth-order valence-electron chi connectivity index (χ4n) is 0.793. The second-order valence-electron chi connectivity index (χ2n) is 2.50. The lowest BCUT2D eigenvalue weighted by Crippen LogP contribution is -2.22. The molecular weight excluding hydrogens is 146 g/mol. The smallest absolute Gasteiger partial charge is 0.158 e. The van der Waals surface area contributed by atoms with Crippen molar-refractivity contribution in [3.63, 3.8) is 0 Å². The lowest BCUT2D eigenvalue weighted by atomic mass is 10.1. The molecule has 0 heterocycles. The quantitative estimate of drug-likeness (QED) is 0.604. The summed E-state index contributed by atoms with van der Waals surface area (Å²) in [4.78, 5) is 0. The highest BCUT2D eigenvalue weighted by atomic mass is 32.1. The molecule has 1 atom stereocenters. The van der Waals surface area contributed by atoms with Crippen molar-refractivity contribution in [2.45, 2.75) is 38.6 Å². The second kappa shape index (κ2) is 5.62. The van der Waals surface area contributed by atoms with Gasteiger partial charge in [0.05, 0.1) is 0 Å². The van der Waals surface area contributed by atoms with E-state index in [4.69, 9.17) is 10.8 Å². The van der Waals surface area contributed by atoms with Gasteiger partial charge < -0.3 is 10.8 Å². The largest absolute Gasteiger partial charge is 0.502 e. The molecule has 3 N–H and O–H groups in total. The standard InChI is InChI=1S/C7H15NOS/c1-2-3-4-6(8)5-7(9)10/h6H,2-5,8H2,1H3,(H,9,10)/t6-/m0/s1. The number of thiocarbonyl (C=S) groups is 1. The van der Waals surface area contributed by atoms with E-state index in [0.29, 0.717) is 6.42 Å². The van der Waals surface area contributed by atoms with E-state index in [2.05, 4.69) is 19.1 Å². The molecule has 0 rings (SSSR count). The lowest BCUT2D eigenvalue weighted by Gasteiger charge is -2.07. The zero-order valence-electron chi connectivity index (χ0n) is 6.34. The zero-order valence-corrected chi connectivity index (χ0v) is 7.16. The van der Waals surface area contributed by atoms with Crippen LogP contribution in [0.1, 0.15) is 32.6 Å². The van der Waals surface area contributed by atoms with Gasteiger partial charge >= 0.3 is 0 Å². The Balaban J connectivity index is 3.25. The van der Waals surface area contributed by atoms with E-state index >= 15 is 0 Å². The molecule has 3 heteroatoms. The first kappa shape index (κ1) is 9.85. The van der Waals surface area contributed by atoms with Gasteiger partial charge in [-0.3, -0.25) is 0 Å². The Labute approximate surface area is 67.4 Å². The van der Waals surface area contributed by atoms with Gasteiger partial charge in [0.1, 0.15) is 0 Å². The molecule has 0 fully saturated rings. The predicted octanol–water partition coefficient (Wildman–Crippen LogP) is 1.78. The number of rotatable bonds is 5. The third kappa shape index (κ3) is 5.98. The Morgan fingerprint density at radius 1 is 1.70 bits per heavy atom. The van der Waals surface area contributed by atoms with Crippen LogP contribution in [0.3, 0.4) is 0 Å². The Morgan fingerprint density at radius 3 is 2.70 bits per heavy atom. The van der Waals surface area contributed by atoms with Gasteiger partial charge in [0.25, 0.3) is 0 Å². The second-order valence-corrected chi connectivity index (χ2v) is 2.97. The first-order valence-electron chi connectivity index (χ1n) is 3.64. The van der Waals surface area contributed by atoms with Gasteiger partial charge in [0.15, 0.2) is 5.05 Å². The fourth-order valence-corrected chi connectivity index (χ4v) is 1.01. The summed E-state index contributed by atoms with van der Waals surface area (Å²) in [5.41, 5.74) is 5.61. The summed E-state index contributed by atoms with van der Waals surface area (Å²) in [6, 6.07) is 0.0532. The molecule has 0 saturated heterocycles. The maximum absolute atomic E-state index is 8.67. The molecule has 0 radical (unpaired) electrons. The average Bonchev–Trinajstić information content (AvgIpc) is 1.82. The van der Waals surface area contributed by atoms with E-state index in [1.165, 1.54) is 0 Å². The molecule has 10 heavy (non-hydrogen) atoms. The molecule has 2 nitrogen and oxygen atoms in total. The maximum atomic E-state index is 8.67. The molecule has 0 aliphatic carbocycles. The SMILES string of the molecule is CCCC[C@H](N)CC(O)=S. The molecule has 0 unspecified atom stereocenters. The first-order valence-corrected chi connectivity index (χ1v) is 4.05. The van der Waals surface area contributed by atoms with E-state index in [1.807, 2.05) is 0 Å². The number of aliphatic hydroxyl groups excluding tert-OH is 1. The highest BCUT2D eigenvalue weighted by Crippen LogP contribution is 2.01. The van der Waals surface area contributed by atoms with Gasteiger partial charge in [-0.1, -0.05) is 19.8 Å². The Hall–Kier alpha value is -0.150. The minimum atomic E-state index is 0.0311. The van der Waals surface area contributed by atoms with Crippen molar-refractivity contribution >= 4 is 17.3 Å². The number of aliphatic hydroxyl groups is 1. The van der Waals surface area contributed by atoms with E-state index in [9.17, 15) is 0 Å². The summed E-state index contributed by atoms with van der Waals surface area (Å²) in [5, 5.41) is 8.70. The average molecular weight is 161 g/mol. The molecule has 0 aliphatic rings. The topological polar surface area (TPSA) is 46.2 Å². The molecule has 0 bridgehead atoms. The summed E-state index contributed by atoms with van der Waals surface area (Å²) in [6.07, 6.45) is 3.68. The fraction of sp³-hybridized carbons (Fsp3) is 0.857. The zero-order chi connectivity index (χ0) is 7.98. The van der Waals surface area contributed by atoms with Crippen molar-refractivity contribution in [2.24, 2.45) is 5.73 Å². The van der Waals surface area contributed by atoms with E-state index in [-0.39, 0.29) is 11.1 Å². The van der Waals surface area contributed by atoms with Crippen molar-refractivity contribution in [3.05, 3.63) is 0 Å². The normalized spacial score (nSPS) is 13.0. The van der Waals surface area contributed by atoms with E-state index < -0.39 is 0 Å². The molecule has 0 aromatic carbocycles. The minimum absolute atomic E-state index is 0.0311. The molecule has 0 spiro atoms. The van der Waals surface area contributed by atoms with Crippen molar-refractivity contribution < 1.29 is 5.11 Å². The van der Waals surface area contributed by atoms with Crippen LogP contribution in [0.2, 0.25) is 0 Å². The molecule has 60 valence electrons.